The van der Waals surface area contributed by atoms with Gasteiger partial charge in [-0.15, -0.1) is 0 Å². The van der Waals surface area contributed by atoms with Crippen molar-refractivity contribution in [2.75, 3.05) is 52.4 Å². The minimum Gasteiger partial charge on any atom is -0.354 e. The zero-order valence-electron chi connectivity index (χ0n) is 17.6. The first-order chi connectivity index (χ1) is 13.3. The molecule has 6 nitrogen and oxygen atoms in total. The fraction of sp³-hybridized carbons (Fsp3) is 0.727. The molecule has 28 heavy (non-hydrogen) atoms. The van der Waals surface area contributed by atoms with Crippen LogP contribution < -0.4 is 0 Å². The van der Waals surface area contributed by atoms with E-state index in [2.05, 4.69) is 28.6 Å². The Labute approximate surface area is 168 Å². The molecule has 1 amide bonds. The van der Waals surface area contributed by atoms with Crippen molar-refractivity contribution in [3.05, 3.63) is 22.5 Å². The predicted molar refractivity (Wildman–Crippen MR) is 110 cm³/mol. The smallest absolute Gasteiger partial charge is 0.270 e. The van der Waals surface area contributed by atoms with E-state index in [1.807, 2.05) is 11.8 Å². The number of rotatable bonds is 4. The number of hydrogen-bond donors (Lipinski definition) is 1. The summed E-state index contributed by atoms with van der Waals surface area (Å²) in [5.74, 6) is 0.225. The van der Waals surface area contributed by atoms with Gasteiger partial charge in [0.15, 0.2) is 5.78 Å². The number of likely N-dealkylation sites (tertiary alicyclic amines) is 1. The number of carbonyl (C=O) groups is 2. The normalized spacial score (nSPS) is 23.2. The van der Waals surface area contributed by atoms with Crippen molar-refractivity contribution in [3.63, 3.8) is 0 Å². The van der Waals surface area contributed by atoms with Gasteiger partial charge in [0.05, 0.1) is 0 Å². The second-order valence-corrected chi connectivity index (χ2v) is 9.60. The largest absolute Gasteiger partial charge is 0.354 e. The molecule has 4 rings (SSSR count). The molecular formula is C22H34N4O2. The summed E-state index contributed by atoms with van der Waals surface area (Å²) in [6.07, 6.45) is 4.05. The molecule has 0 aromatic carbocycles. The molecule has 1 aliphatic carbocycles. The van der Waals surface area contributed by atoms with Gasteiger partial charge in [0, 0.05) is 56.9 Å². The minimum absolute atomic E-state index is 0.0390. The van der Waals surface area contributed by atoms with Crippen LogP contribution in [0.5, 0.6) is 0 Å². The number of aromatic amines is 1. The molecule has 0 atom stereocenters. The van der Waals surface area contributed by atoms with Crippen LogP contribution in [0.4, 0.5) is 0 Å². The highest BCUT2D eigenvalue weighted by atomic mass is 16.2. The summed E-state index contributed by atoms with van der Waals surface area (Å²) < 4.78 is 0. The van der Waals surface area contributed by atoms with Crippen LogP contribution in [0, 0.1) is 12.3 Å². The average Bonchev–Trinajstić information content (AvgIpc) is 3.27. The van der Waals surface area contributed by atoms with Gasteiger partial charge in [-0.05, 0) is 50.3 Å². The highest BCUT2D eigenvalue weighted by Crippen LogP contribution is 2.37. The lowest BCUT2D eigenvalue weighted by molar-refractivity contribution is 0.0620. The first kappa shape index (κ1) is 19.6. The Morgan fingerprint density at radius 3 is 2.21 bits per heavy atom. The van der Waals surface area contributed by atoms with Gasteiger partial charge in [-0.3, -0.25) is 14.5 Å². The highest BCUT2D eigenvalue weighted by molar-refractivity contribution is 6.04. The first-order valence-electron chi connectivity index (χ1n) is 10.8. The number of ketones is 1. The molecule has 0 saturated carbocycles. The maximum Gasteiger partial charge on any atom is 0.270 e. The Morgan fingerprint density at radius 2 is 1.57 bits per heavy atom. The van der Waals surface area contributed by atoms with Crippen molar-refractivity contribution < 1.29 is 9.59 Å². The maximum absolute atomic E-state index is 13.1. The Bertz CT molecular complexity index is 753. The summed E-state index contributed by atoms with van der Waals surface area (Å²) in [6, 6.07) is 0. The van der Waals surface area contributed by atoms with Gasteiger partial charge in [0.25, 0.3) is 5.91 Å². The standard InChI is InChI=1S/C22H34N4O2/c1-16-19-17(14-22(2,3)15-18(19)27)23-20(16)21(28)26-12-10-25(11-13-26)9-8-24-6-4-5-7-24/h23H,4-15H2,1-3H3. The van der Waals surface area contributed by atoms with E-state index in [0.717, 1.165) is 62.5 Å². The quantitative estimate of drug-likeness (QED) is 0.863. The fourth-order valence-corrected chi connectivity index (χ4v) is 5.07. The molecule has 2 aliphatic heterocycles. The van der Waals surface area contributed by atoms with Crippen LogP contribution >= 0.6 is 0 Å². The number of hydrogen-bond acceptors (Lipinski definition) is 4. The molecule has 0 spiro atoms. The van der Waals surface area contributed by atoms with Gasteiger partial charge in [-0.1, -0.05) is 13.8 Å². The van der Waals surface area contributed by atoms with E-state index >= 15 is 0 Å². The van der Waals surface area contributed by atoms with Gasteiger partial charge in [0.1, 0.15) is 5.69 Å². The number of carbonyl (C=O) groups excluding carboxylic acids is 2. The lowest BCUT2D eigenvalue weighted by Gasteiger charge is -2.35. The first-order valence-corrected chi connectivity index (χ1v) is 10.8. The number of aromatic nitrogens is 1. The topological polar surface area (TPSA) is 59.7 Å². The van der Waals surface area contributed by atoms with Gasteiger partial charge in [-0.25, -0.2) is 0 Å². The van der Waals surface area contributed by atoms with Gasteiger partial charge in [0.2, 0.25) is 0 Å². The van der Waals surface area contributed by atoms with Crippen molar-refractivity contribution in [2.24, 2.45) is 5.41 Å². The van der Waals surface area contributed by atoms with Crippen LogP contribution in [0.3, 0.4) is 0 Å². The molecule has 1 aromatic heterocycles. The van der Waals surface area contributed by atoms with E-state index in [0.29, 0.717) is 12.1 Å². The minimum atomic E-state index is -0.0390. The number of fused-ring (bicyclic) bond motifs is 1. The molecule has 0 radical (unpaired) electrons. The van der Waals surface area contributed by atoms with E-state index < -0.39 is 0 Å². The summed E-state index contributed by atoms with van der Waals surface area (Å²) in [6.45, 7) is 14.3. The van der Waals surface area contributed by atoms with Crippen LogP contribution in [0.2, 0.25) is 0 Å². The number of amides is 1. The average molecular weight is 387 g/mol. The highest BCUT2D eigenvalue weighted by Gasteiger charge is 2.36. The Hall–Kier alpha value is -1.66. The third kappa shape index (κ3) is 3.90. The lowest BCUT2D eigenvalue weighted by Crippen LogP contribution is -2.50. The van der Waals surface area contributed by atoms with Gasteiger partial charge >= 0.3 is 0 Å². The van der Waals surface area contributed by atoms with E-state index in [-0.39, 0.29) is 17.1 Å². The van der Waals surface area contributed by atoms with Crippen molar-refractivity contribution in [1.82, 2.24) is 19.7 Å². The molecule has 2 fully saturated rings. The number of Topliss-reactive ketones (excluding diaryl/α,β-unsaturated/α-hetero) is 1. The molecule has 3 aliphatic rings. The zero-order valence-corrected chi connectivity index (χ0v) is 17.6. The summed E-state index contributed by atoms with van der Waals surface area (Å²) >= 11 is 0. The zero-order chi connectivity index (χ0) is 19.9. The second-order valence-electron chi connectivity index (χ2n) is 9.60. The molecule has 2 saturated heterocycles. The summed E-state index contributed by atoms with van der Waals surface area (Å²) in [4.78, 5) is 36.0. The van der Waals surface area contributed by atoms with Crippen molar-refractivity contribution >= 4 is 11.7 Å². The van der Waals surface area contributed by atoms with E-state index in [9.17, 15) is 9.59 Å². The molecule has 0 unspecified atom stereocenters. The van der Waals surface area contributed by atoms with Crippen LogP contribution in [0.15, 0.2) is 0 Å². The third-order valence-corrected chi connectivity index (χ3v) is 6.71. The Balaban J connectivity index is 1.37. The Morgan fingerprint density at radius 1 is 0.964 bits per heavy atom. The van der Waals surface area contributed by atoms with Crippen molar-refractivity contribution in [2.45, 2.75) is 46.5 Å². The Kier molecular flexibility index (Phi) is 5.36. The molecule has 154 valence electrons. The van der Waals surface area contributed by atoms with Crippen molar-refractivity contribution in [1.29, 1.82) is 0 Å². The summed E-state index contributed by atoms with van der Waals surface area (Å²) in [5, 5.41) is 0. The number of piperazine rings is 1. The fourth-order valence-electron chi connectivity index (χ4n) is 5.07. The molecule has 6 heteroatoms. The van der Waals surface area contributed by atoms with Crippen molar-refractivity contribution in [3.8, 4) is 0 Å². The van der Waals surface area contributed by atoms with E-state index in [1.165, 1.54) is 25.9 Å². The molecule has 1 aromatic rings. The van der Waals surface area contributed by atoms with E-state index in [4.69, 9.17) is 0 Å². The maximum atomic E-state index is 13.1. The number of H-pyrrole nitrogens is 1. The second kappa shape index (κ2) is 7.64. The third-order valence-electron chi connectivity index (χ3n) is 6.71. The van der Waals surface area contributed by atoms with Crippen LogP contribution in [0.25, 0.3) is 0 Å². The number of nitrogens with one attached hydrogen (secondary N) is 1. The van der Waals surface area contributed by atoms with Gasteiger partial charge < -0.3 is 14.8 Å². The SMILES string of the molecule is Cc1c(C(=O)N2CCN(CCN3CCCC3)CC2)[nH]c2c1C(=O)CC(C)(C)C2. The van der Waals surface area contributed by atoms with Crippen LogP contribution in [-0.2, 0) is 6.42 Å². The molecule has 1 N–H and O–H groups in total. The molecular weight excluding hydrogens is 352 g/mol. The molecule has 0 bridgehead atoms. The van der Waals surface area contributed by atoms with Gasteiger partial charge in [-0.2, -0.15) is 0 Å². The predicted octanol–water partition coefficient (Wildman–Crippen LogP) is 2.33. The summed E-state index contributed by atoms with van der Waals surface area (Å²) in [7, 11) is 0. The molecule has 3 heterocycles. The lowest BCUT2D eigenvalue weighted by atomic mass is 9.75. The summed E-state index contributed by atoms with van der Waals surface area (Å²) in [5.41, 5.74) is 3.15. The monoisotopic (exact) mass is 386 g/mol. The van der Waals surface area contributed by atoms with Crippen LogP contribution in [0.1, 0.15) is 65.2 Å². The van der Waals surface area contributed by atoms with Crippen LogP contribution in [-0.4, -0.2) is 83.7 Å². The number of nitrogens with zero attached hydrogens (tertiary/aromatic N) is 3. The van der Waals surface area contributed by atoms with E-state index in [1.54, 1.807) is 0 Å².